The van der Waals surface area contributed by atoms with Crippen molar-refractivity contribution in [3.8, 4) is 0 Å². The number of nitrogens with zero attached hydrogens (tertiary/aromatic N) is 1. The minimum Gasteiger partial charge on any atom is -0.466 e. The average Bonchev–Trinajstić information content (AvgIpc) is 2.81. The van der Waals surface area contributed by atoms with Gasteiger partial charge in [0.25, 0.3) is 0 Å². The van der Waals surface area contributed by atoms with Gasteiger partial charge in [0.2, 0.25) is 0 Å². The summed E-state index contributed by atoms with van der Waals surface area (Å²) >= 11 is 0. The van der Waals surface area contributed by atoms with Gasteiger partial charge in [-0.1, -0.05) is 54.6 Å². The van der Waals surface area contributed by atoms with Crippen LogP contribution in [-0.4, -0.2) is 43.0 Å². The van der Waals surface area contributed by atoms with E-state index in [1.54, 1.807) is 6.92 Å². The Bertz CT molecular complexity index is 874. The van der Waals surface area contributed by atoms with E-state index in [1.165, 1.54) is 23.6 Å². The summed E-state index contributed by atoms with van der Waals surface area (Å²) in [5, 5.41) is 0. The van der Waals surface area contributed by atoms with E-state index in [-0.39, 0.29) is 11.9 Å². The predicted octanol–water partition coefficient (Wildman–Crippen LogP) is 3.73. The number of quaternary nitrogens is 1. The highest BCUT2D eigenvalue weighted by Gasteiger charge is 2.32. The summed E-state index contributed by atoms with van der Waals surface area (Å²) in [6.07, 6.45) is 5.33. The van der Waals surface area contributed by atoms with Crippen LogP contribution in [0.1, 0.15) is 68.6 Å². The fourth-order valence-corrected chi connectivity index (χ4v) is 4.98. The molecule has 2 aromatic rings. The molecule has 0 aromatic heterocycles. The summed E-state index contributed by atoms with van der Waals surface area (Å²) in [5.74, 6) is 0.624. The van der Waals surface area contributed by atoms with Gasteiger partial charge in [-0.05, 0) is 43.4 Å². The molecule has 1 aliphatic rings. The van der Waals surface area contributed by atoms with E-state index in [9.17, 15) is 9.59 Å². The lowest BCUT2D eigenvalue weighted by atomic mass is 9.81. The van der Waals surface area contributed by atoms with E-state index in [1.807, 2.05) is 6.07 Å². The van der Waals surface area contributed by atoms with Crippen LogP contribution in [0.2, 0.25) is 0 Å². The van der Waals surface area contributed by atoms with Crippen LogP contribution in [0.4, 0.5) is 0 Å². The smallest absolute Gasteiger partial charge is 0.309 e. The van der Waals surface area contributed by atoms with Crippen LogP contribution in [-0.2, 0) is 27.4 Å². The molecule has 33 heavy (non-hydrogen) atoms. The maximum Gasteiger partial charge on any atom is 0.309 e. The lowest BCUT2D eigenvalue weighted by molar-refractivity contribution is -0.863. The molecule has 0 bridgehead atoms. The zero-order valence-electron chi connectivity index (χ0n) is 20.4. The summed E-state index contributed by atoms with van der Waals surface area (Å²) in [7, 11) is 2.10. The summed E-state index contributed by atoms with van der Waals surface area (Å²) in [6.45, 7) is 6.24. The van der Waals surface area contributed by atoms with Crippen LogP contribution in [0.25, 0.3) is 0 Å². The molecule has 1 atom stereocenters. The van der Waals surface area contributed by atoms with Crippen molar-refractivity contribution < 1.29 is 19.2 Å². The Morgan fingerprint density at radius 2 is 1.61 bits per heavy atom. The summed E-state index contributed by atoms with van der Waals surface area (Å²) < 4.78 is 5.00. The van der Waals surface area contributed by atoms with Crippen LogP contribution in [0, 0.1) is 0 Å². The highest BCUT2D eigenvalue weighted by atomic mass is 16.5. The zero-order chi connectivity index (χ0) is 23.6. The molecule has 0 heterocycles. The van der Waals surface area contributed by atoms with Crippen molar-refractivity contribution in [2.24, 2.45) is 0 Å². The van der Waals surface area contributed by atoms with Crippen molar-refractivity contribution >= 4 is 11.9 Å². The number of nitrogens with one attached hydrogen (secondary N) is 1. The number of amides is 1. The van der Waals surface area contributed by atoms with Crippen LogP contribution >= 0.6 is 0 Å². The van der Waals surface area contributed by atoms with Crippen molar-refractivity contribution in [2.75, 3.05) is 20.2 Å². The van der Waals surface area contributed by atoms with Crippen LogP contribution in [0.5, 0.6) is 0 Å². The molecule has 5 heteroatoms. The van der Waals surface area contributed by atoms with Gasteiger partial charge in [-0.25, -0.2) is 4.79 Å². The van der Waals surface area contributed by atoms with Crippen LogP contribution < -0.4 is 4.90 Å². The Morgan fingerprint density at radius 3 is 2.21 bits per heavy atom. The van der Waals surface area contributed by atoms with Gasteiger partial charge in [0.1, 0.15) is 6.54 Å². The number of hydrogen-bond acceptors (Lipinski definition) is 4. The number of rotatable bonds is 10. The molecule has 5 nitrogen and oxygen atoms in total. The molecule has 1 unspecified atom stereocenters. The van der Waals surface area contributed by atoms with Gasteiger partial charge in [-0.3, -0.25) is 9.69 Å². The SMILES string of the molecule is CC(=O)OCCCN(C)Cc1ccc(C2CCC([NH+](Cc3ccccc3)C(C)=O)CC2)cc1. The first-order valence-corrected chi connectivity index (χ1v) is 12.2. The van der Waals surface area contributed by atoms with Crippen molar-refractivity contribution in [2.45, 2.75) is 71.0 Å². The Balaban J connectivity index is 1.47. The fraction of sp³-hybridized carbons (Fsp3) is 0.500. The molecule has 0 spiro atoms. The molecule has 3 rings (SSSR count). The van der Waals surface area contributed by atoms with E-state index in [0.717, 1.165) is 56.6 Å². The van der Waals surface area contributed by atoms with Crippen LogP contribution in [0.15, 0.2) is 54.6 Å². The molecule has 0 saturated heterocycles. The summed E-state index contributed by atoms with van der Waals surface area (Å²) in [5.41, 5.74) is 3.95. The third-order valence-electron chi connectivity index (χ3n) is 6.80. The fourth-order valence-electron chi connectivity index (χ4n) is 4.98. The van der Waals surface area contributed by atoms with Gasteiger partial charge in [-0.15, -0.1) is 0 Å². The Hall–Kier alpha value is -2.50. The monoisotopic (exact) mass is 451 g/mol. The van der Waals surface area contributed by atoms with Gasteiger partial charge in [0.15, 0.2) is 0 Å². The minimum absolute atomic E-state index is 0.214. The Morgan fingerprint density at radius 1 is 0.939 bits per heavy atom. The highest BCUT2D eigenvalue weighted by Crippen LogP contribution is 2.32. The van der Waals surface area contributed by atoms with E-state index in [0.29, 0.717) is 18.6 Å². The number of esters is 1. The van der Waals surface area contributed by atoms with E-state index >= 15 is 0 Å². The molecule has 1 N–H and O–H groups in total. The maximum absolute atomic E-state index is 12.4. The van der Waals surface area contributed by atoms with Gasteiger partial charge >= 0.3 is 11.9 Å². The molecule has 0 radical (unpaired) electrons. The maximum atomic E-state index is 12.4. The lowest BCUT2D eigenvalue weighted by Crippen LogP contribution is -3.16. The zero-order valence-corrected chi connectivity index (χ0v) is 20.4. The number of carbonyl (C=O) groups excluding carboxylic acids is 2. The molecule has 178 valence electrons. The number of ether oxygens (including phenoxy) is 1. The van der Waals surface area contributed by atoms with E-state index in [2.05, 4.69) is 60.5 Å². The molecule has 1 saturated carbocycles. The lowest BCUT2D eigenvalue weighted by Gasteiger charge is -2.33. The van der Waals surface area contributed by atoms with Crippen molar-refractivity contribution in [3.63, 3.8) is 0 Å². The standard InChI is InChI=1S/C28H38N2O3/c1-22(31)30(21-24-8-5-4-6-9-24)28-16-14-27(15-17-28)26-12-10-25(11-13-26)20-29(3)18-7-19-33-23(2)32/h4-6,8-13,27-28H,7,14-21H2,1-3H3/p+1. The van der Waals surface area contributed by atoms with E-state index in [4.69, 9.17) is 4.74 Å². The third-order valence-corrected chi connectivity index (χ3v) is 6.80. The van der Waals surface area contributed by atoms with E-state index < -0.39 is 0 Å². The normalized spacial score (nSPS) is 19.3. The van der Waals surface area contributed by atoms with Gasteiger partial charge in [-0.2, -0.15) is 0 Å². The quantitative estimate of drug-likeness (QED) is 0.442. The molecular formula is C28H39N2O3+. The third kappa shape index (κ3) is 8.09. The second-order valence-corrected chi connectivity index (χ2v) is 9.47. The number of hydrogen-bond donors (Lipinski definition) is 1. The molecular weight excluding hydrogens is 412 g/mol. The first-order valence-electron chi connectivity index (χ1n) is 12.2. The predicted molar refractivity (Wildman–Crippen MR) is 131 cm³/mol. The topological polar surface area (TPSA) is 51.0 Å². The van der Waals surface area contributed by atoms with Crippen molar-refractivity contribution in [1.29, 1.82) is 0 Å². The molecule has 1 aliphatic carbocycles. The minimum atomic E-state index is -0.214. The first-order chi connectivity index (χ1) is 15.9. The second kappa shape index (κ2) is 12.7. The molecule has 2 aromatic carbocycles. The van der Waals surface area contributed by atoms with Gasteiger partial charge < -0.3 is 9.64 Å². The summed E-state index contributed by atoms with van der Waals surface area (Å²) in [6, 6.07) is 19.8. The Kier molecular flexibility index (Phi) is 9.64. The van der Waals surface area contributed by atoms with Crippen LogP contribution in [0.3, 0.4) is 0 Å². The summed E-state index contributed by atoms with van der Waals surface area (Å²) in [4.78, 5) is 26.6. The second-order valence-electron chi connectivity index (χ2n) is 9.47. The van der Waals surface area contributed by atoms with Gasteiger partial charge in [0, 0.05) is 38.4 Å². The average molecular weight is 452 g/mol. The number of carbonyl (C=O) groups is 2. The largest absolute Gasteiger partial charge is 0.466 e. The molecule has 1 fully saturated rings. The van der Waals surface area contributed by atoms with Crippen molar-refractivity contribution in [3.05, 3.63) is 71.3 Å². The molecule has 0 aliphatic heterocycles. The molecule has 1 amide bonds. The van der Waals surface area contributed by atoms with Gasteiger partial charge in [0.05, 0.1) is 19.6 Å². The highest BCUT2D eigenvalue weighted by molar-refractivity contribution is 5.65. The number of benzene rings is 2. The van der Waals surface area contributed by atoms with Crippen molar-refractivity contribution in [1.82, 2.24) is 4.90 Å². The first kappa shape index (κ1) is 25.1. The Labute approximate surface area is 198 Å².